The highest BCUT2D eigenvalue weighted by molar-refractivity contribution is 5.43. The van der Waals surface area contributed by atoms with E-state index in [0.717, 1.165) is 6.92 Å². The number of allylic oxidation sites excluding steroid dienone is 1. The molecule has 2 unspecified atom stereocenters. The van der Waals surface area contributed by atoms with E-state index in [1.54, 1.807) is 6.92 Å². The van der Waals surface area contributed by atoms with Gasteiger partial charge in [-0.05, 0) is 44.1 Å². The molecule has 0 aromatic carbocycles. The van der Waals surface area contributed by atoms with Crippen molar-refractivity contribution < 1.29 is 32.9 Å². The minimum atomic E-state index is -4.73. The molecule has 1 fully saturated rings. The van der Waals surface area contributed by atoms with E-state index in [-0.39, 0.29) is 25.4 Å². The average Bonchev–Trinajstić information content (AvgIpc) is 2.90. The van der Waals surface area contributed by atoms with Crippen molar-refractivity contribution in [3.8, 4) is 11.8 Å². The highest BCUT2D eigenvalue weighted by Gasteiger charge is 2.69. The molecule has 0 amide bonds. The van der Waals surface area contributed by atoms with Crippen molar-refractivity contribution in [3.63, 3.8) is 0 Å². The van der Waals surface area contributed by atoms with Gasteiger partial charge in [0.15, 0.2) is 11.4 Å². The third-order valence-electron chi connectivity index (χ3n) is 4.65. The molecule has 1 saturated heterocycles. The molecule has 0 aromatic heterocycles. The molecule has 1 aliphatic heterocycles. The van der Waals surface area contributed by atoms with Crippen LogP contribution in [0.3, 0.4) is 0 Å². The lowest BCUT2D eigenvalue weighted by Gasteiger charge is -2.50. The van der Waals surface area contributed by atoms with Gasteiger partial charge < -0.3 is 19.7 Å². The van der Waals surface area contributed by atoms with Gasteiger partial charge in [0.1, 0.15) is 5.41 Å². The minimum absolute atomic E-state index is 0.0276. The summed E-state index contributed by atoms with van der Waals surface area (Å²) in [7, 11) is 0. The first-order valence-electron chi connectivity index (χ1n) is 7.57. The first kappa shape index (κ1) is 19.0. The zero-order valence-electron chi connectivity index (χ0n) is 13.8. The zero-order valence-corrected chi connectivity index (χ0v) is 13.8. The summed E-state index contributed by atoms with van der Waals surface area (Å²) >= 11 is 0. The normalized spacial score (nSPS) is 33.2. The maximum Gasteiger partial charge on any atom is 0.398 e. The van der Waals surface area contributed by atoms with Crippen LogP contribution in [0.5, 0.6) is 0 Å². The third kappa shape index (κ3) is 3.00. The Bertz CT molecular complexity index is 620. The minimum Gasteiger partial charge on any atom is -0.392 e. The molecule has 0 radical (unpaired) electrons. The molecule has 7 heteroatoms. The fourth-order valence-corrected chi connectivity index (χ4v) is 3.12. The Morgan fingerprint density at radius 3 is 2.46 bits per heavy atom. The third-order valence-corrected chi connectivity index (χ3v) is 4.65. The molecule has 2 aliphatic rings. The molecule has 2 atom stereocenters. The number of aliphatic hydroxyl groups excluding tert-OH is 1. The van der Waals surface area contributed by atoms with E-state index in [0.29, 0.717) is 5.57 Å². The van der Waals surface area contributed by atoms with Gasteiger partial charge in [0.2, 0.25) is 0 Å². The number of halogens is 3. The maximum atomic E-state index is 13.9. The summed E-state index contributed by atoms with van der Waals surface area (Å²) < 4.78 is 52.4. The predicted molar refractivity (Wildman–Crippen MR) is 80.7 cm³/mol. The Balaban J connectivity index is 2.59. The van der Waals surface area contributed by atoms with E-state index in [1.807, 2.05) is 0 Å². The molecule has 1 heterocycles. The summed E-state index contributed by atoms with van der Waals surface area (Å²) in [6.07, 6.45) is -2.58. The number of alkyl halides is 3. The van der Waals surface area contributed by atoms with Gasteiger partial charge in [-0.25, -0.2) is 0 Å². The van der Waals surface area contributed by atoms with Gasteiger partial charge in [-0.1, -0.05) is 11.8 Å². The van der Waals surface area contributed by atoms with Gasteiger partial charge >= 0.3 is 6.18 Å². The van der Waals surface area contributed by atoms with Crippen molar-refractivity contribution in [2.45, 2.75) is 44.8 Å². The Morgan fingerprint density at radius 1 is 1.38 bits per heavy atom. The summed E-state index contributed by atoms with van der Waals surface area (Å²) in [6.45, 7) is 3.96. The van der Waals surface area contributed by atoms with Crippen molar-refractivity contribution in [1.82, 2.24) is 0 Å². The van der Waals surface area contributed by atoms with Gasteiger partial charge in [0, 0.05) is 6.42 Å². The zero-order chi connectivity index (χ0) is 18.2. The second-order valence-corrected chi connectivity index (χ2v) is 6.37. The predicted octanol–water partition coefficient (Wildman–Crippen LogP) is 2.32. The second kappa shape index (κ2) is 6.19. The SMILES string of the molecule is CC(C#CC1(O)C(C)=CC2(CC1(C)C(F)(F)F)OCCO2)=CCO. The smallest absolute Gasteiger partial charge is 0.392 e. The van der Waals surface area contributed by atoms with Crippen molar-refractivity contribution in [3.05, 3.63) is 23.3 Å². The topological polar surface area (TPSA) is 58.9 Å². The number of hydrogen-bond acceptors (Lipinski definition) is 4. The fraction of sp³-hybridized carbons (Fsp3) is 0.647. The Labute approximate surface area is 138 Å². The van der Waals surface area contributed by atoms with Crippen LogP contribution in [0.2, 0.25) is 0 Å². The van der Waals surface area contributed by atoms with Crippen LogP contribution in [0.25, 0.3) is 0 Å². The van der Waals surface area contributed by atoms with Crippen molar-refractivity contribution in [1.29, 1.82) is 0 Å². The average molecular weight is 346 g/mol. The van der Waals surface area contributed by atoms with E-state index in [1.165, 1.54) is 19.1 Å². The molecule has 2 rings (SSSR count). The van der Waals surface area contributed by atoms with Gasteiger partial charge in [-0.2, -0.15) is 13.2 Å². The van der Waals surface area contributed by atoms with Crippen LogP contribution < -0.4 is 0 Å². The largest absolute Gasteiger partial charge is 0.398 e. The van der Waals surface area contributed by atoms with Gasteiger partial charge in [-0.3, -0.25) is 0 Å². The molecule has 0 aromatic rings. The van der Waals surface area contributed by atoms with Crippen molar-refractivity contribution in [2.24, 2.45) is 5.41 Å². The quantitative estimate of drug-likeness (QED) is 0.565. The first-order chi connectivity index (χ1) is 11.0. The lowest BCUT2D eigenvalue weighted by molar-refractivity contribution is -0.292. The van der Waals surface area contributed by atoms with Gasteiger partial charge in [-0.15, -0.1) is 0 Å². The lowest BCUT2D eigenvalue weighted by atomic mass is 9.62. The standard InChI is InChI=1S/C17H21F3O4/c1-12(5-7-21)4-6-16(22)13(2)10-15(23-8-9-24-15)11-14(16,3)17(18,19)20/h5,10,21-22H,7-9,11H2,1-3H3. The highest BCUT2D eigenvalue weighted by atomic mass is 19.4. The summed E-state index contributed by atoms with van der Waals surface area (Å²) in [5, 5.41) is 19.7. The van der Waals surface area contributed by atoms with Crippen LogP contribution in [0.15, 0.2) is 23.3 Å². The second-order valence-electron chi connectivity index (χ2n) is 6.37. The number of ether oxygens (including phenoxy) is 2. The van der Waals surface area contributed by atoms with Crippen LogP contribution in [-0.4, -0.2) is 47.6 Å². The molecule has 2 N–H and O–H groups in total. The molecular formula is C17H21F3O4. The molecule has 1 spiro atoms. The summed E-state index contributed by atoms with van der Waals surface area (Å²) in [4.78, 5) is 0. The molecule has 1 aliphatic carbocycles. The van der Waals surface area contributed by atoms with Crippen LogP contribution in [-0.2, 0) is 9.47 Å². The summed E-state index contributed by atoms with van der Waals surface area (Å²) in [5.41, 5.74) is -4.59. The highest BCUT2D eigenvalue weighted by Crippen LogP contribution is 2.57. The molecular weight excluding hydrogens is 325 g/mol. The van der Waals surface area contributed by atoms with Crippen molar-refractivity contribution in [2.75, 3.05) is 19.8 Å². The van der Waals surface area contributed by atoms with E-state index < -0.39 is 29.4 Å². The van der Waals surface area contributed by atoms with Crippen LogP contribution in [0.4, 0.5) is 13.2 Å². The maximum absolute atomic E-state index is 13.9. The van der Waals surface area contributed by atoms with Crippen LogP contribution >= 0.6 is 0 Å². The van der Waals surface area contributed by atoms with E-state index in [4.69, 9.17) is 14.6 Å². The number of hydrogen-bond donors (Lipinski definition) is 2. The van der Waals surface area contributed by atoms with Gasteiger partial charge in [0.05, 0.1) is 19.8 Å². The molecule has 0 bridgehead atoms. The Hall–Kier alpha value is -1.33. The molecule has 4 nitrogen and oxygen atoms in total. The lowest BCUT2D eigenvalue weighted by Crippen LogP contribution is -2.61. The van der Waals surface area contributed by atoms with Gasteiger partial charge in [0.25, 0.3) is 0 Å². The van der Waals surface area contributed by atoms with E-state index in [9.17, 15) is 18.3 Å². The molecule has 0 saturated carbocycles. The van der Waals surface area contributed by atoms with E-state index >= 15 is 0 Å². The molecule has 24 heavy (non-hydrogen) atoms. The summed E-state index contributed by atoms with van der Waals surface area (Å²) in [6, 6.07) is 0. The number of rotatable bonds is 1. The molecule has 134 valence electrons. The summed E-state index contributed by atoms with van der Waals surface area (Å²) in [5.74, 6) is 3.38. The van der Waals surface area contributed by atoms with Crippen LogP contribution in [0.1, 0.15) is 27.2 Å². The van der Waals surface area contributed by atoms with Crippen molar-refractivity contribution >= 4 is 0 Å². The van der Waals surface area contributed by atoms with E-state index in [2.05, 4.69) is 11.8 Å². The number of aliphatic hydroxyl groups is 2. The first-order valence-corrected chi connectivity index (χ1v) is 7.57. The fourth-order valence-electron chi connectivity index (χ4n) is 3.12. The monoisotopic (exact) mass is 346 g/mol. The van der Waals surface area contributed by atoms with Crippen LogP contribution in [0, 0.1) is 17.3 Å². The Morgan fingerprint density at radius 2 is 1.96 bits per heavy atom. The Kier molecular flexibility index (Phi) is 4.90.